The van der Waals surface area contributed by atoms with Gasteiger partial charge < -0.3 is 5.32 Å². The summed E-state index contributed by atoms with van der Waals surface area (Å²) < 4.78 is 0. The fraction of sp³-hybridized carbons (Fsp3) is 1.00. The molecule has 0 radical (unpaired) electrons. The van der Waals surface area contributed by atoms with Gasteiger partial charge in [-0.15, -0.1) is 11.6 Å². The van der Waals surface area contributed by atoms with Gasteiger partial charge >= 0.3 is 0 Å². The summed E-state index contributed by atoms with van der Waals surface area (Å²) in [7, 11) is 0. The van der Waals surface area contributed by atoms with Crippen molar-refractivity contribution in [3.8, 4) is 0 Å². The van der Waals surface area contributed by atoms with Crippen molar-refractivity contribution in [3.63, 3.8) is 0 Å². The average molecular weight is 288 g/mol. The maximum absolute atomic E-state index is 6.37. The molecule has 1 nitrogen and oxygen atoms in total. The summed E-state index contributed by atoms with van der Waals surface area (Å²) in [5.74, 6) is 0.726. The zero-order chi connectivity index (χ0) is 13.8. The fourth-order valence-corrected chi connectivity index (χ4v) is 3.43. The lowest BCUT2D eigenvalue weighted by Crippen LogP contribution is -2.31. The molecule has 2 heteroatoms. The quantitative estimate of drug-likeness (QED) is 0.390. The molecular weight excluding hydrogens is 254 g/mol. The van der Waals surface area contributed by atoms with E-state index < -0.39 is 0 Å². The van der Waals surface area contributed by atoms with Crippen molar-refractivity contribution >= 4 is 11.6 Å². The van der Waals surface area contributed by atoms with Crippen LogP contribution in [0, 0.1) is 5.92 Å². The molecule has 19 heavy (non-hydrogen) atoms. The Balaban J connectivity index is 1.80. The summed E-state index contributed by atoms with van der Waals surface area (Å²) in [6, 6.07) is 0. The molecule has 1 rings (SSSR count). The first-order valence-electron chi connectivity index (χ1n) is 8.69. The molecule has 1 aliphatic carbocycles. The van der Waals surface area contributed by atoms with Gasteiger partial charge in [-0.3, -0.25) is 0 Å². The van der Waals surface area contributed by atoms with Crippen LogP contribution in [0.25, 0.3) is 0 Å². The van der Waals surface area contributed by atoms with E-state index in [0.29, 0.717) is 5.38 Å². The first-order chi connectivity index (χ1) is 9.34. The van der Waals surface area contributed by atoms with E-state index in [4.69, 9.17) is 11.6 Å². The Kier molecular flexibility index (Phi) is 11.0. The number of unbranched alkanes of at least 4 members (excludes halogenated alkanes) is 7. The van der Waals surface area contributed by atoms with Gasteiger partial charge in [-0.25, -0.2) is 0 Å². The van der Waals surface area contributed by atoms with Crippen molar-refractivity contribution in [2.24, 2.45) is 5.92 Å². The largest absolute Gasteiger partial charge is 0.316 e. The van der Waals surface area contributed by atoms with E-state index in [2.05, 4.69) is 12.2 Å². The Morgan fingerprint density at radius 3 is 2.21 bits per heavy atom. The Morgan fingerprint density at radius 2 is 1.53 bits per heavy atom. The van der Waals surface area contributed by atoms with Gasteiger partial charge in [0.1, 0.15) is 0 Å². The molecule has 0 aromatic rings. The SMILES string of the molecule is CCCCCCCCCCNCC1CCCCC1Cl. The van der Waals surface area contributed by atoms with E-state index in [0.717, 1.165) is 12.5 Å². The minimum absolute atomic E-state index is 0.430. The van der Waals surface area contributed by atoms with Crippen molar-refractivity contribution in [3.05, 3.63) is 0 Å². The standard InChI is InChI=1S/C17H34ClN/c1-2-3-4-5-6-7-8-11-14-19-15-16-12-9-10-13-17(16)18/h16-17,19H,2-15H2,1H3. The normalized spacial score (nSPS) is 23.7. The predicted octanol–water partition coefficient (Wildman–Crippen LogP) is 5.51. The summed E-state index contributed by atoms with van der Waals surface area (Å²) >= 11 is 6.37. The number of alkyl halides is 1. The number of nitrogens with one attached hydrogen (secondary N) is 1. The topological polar surface area (TPSA) is 12.0 Å². The summed E-state index contributed by atoms with van der Waals surface area (Å²) in [5.41, 5.74) is 0. The van der Waals surface area contributed by atoms with E-state index in [1.165, 1.54) is 83.6 Å². The number of hydrogen-bond acceptors (Lipinski definition) is 1. The minimum Gasteiger partial charge on any atom is -0.316 e. The van der Waals surface area contributed by atoms with E-state index in [1.54, 1.807) is 0 Å². The lowest BCUT2D eigenvalue weighted by atomic mass is 9.89. The molecule has 1 N–H and O–H groups in total. The molecule has 1 aliphatic rings. The highest BCUT2D eigenvalue weighted by Gasteiger charge is 2.22. The van der Waals surface area contributed by atoms with Gasteiger partial charge in [-0.2, -0.15) is 0 Å². The van der Waals surface area contributed by atoms with E-state index in [1.807, 2.05) is 0 Å². The van der Waals surface area contributed by atoms with Gasteiger partial charge in [0.25, 0.3) is 0 Å². The van der Waals surface area contributed by atoms with Crippen LogP contribution in [0.4, 0.5) is 0 Å². The smallest absolute Gasteiger partial charge is 0.0376 e. The predicted molar refractivity (Wildman–Crippen MR) is 87.1 cm³/mol. The lowest BCUT2D eigenvalue weighted by molar-refractivity contribution is 0.348. The van der Waals surface area contributed by atoms with Gasteiger partial charge in [0.2, 0.25) is 0 Å². The Hall–Kier alpha value is 0.250. The summed E-state index contributed by atoms with van der Waals surface area (Å²) in [6.07, 6.45) is 16.5. The van der Waals surface area contributed by atoms with E-state index >= 15 is 0 Å². The van der Waals surface area contributed by atoms with Gasteiger partial charge in [0.05, 0.1) is 0 Å². The number of rotatable bonds is 11. The van der Waals surface area contributed by atoms with Crippen molar-refractivity contribution in [1.82, 2.24) is 5.32 Å². The molecule has 114 valence electrons. The molecular formula is C17H34ClN. The molecule has 0 saturated heterocycles. The molecule has 1 saturated carbocycles. The highest BCUT2D eigenvalue weighted by molar-refractivity contribution is 6.20. The van der Waals surface area contributed by atoms with Crippen LogP contribution in [-0.2, 0) is 0 Å². The second-order valence-electron chi connectivity index (χ2n) is 6.24. The Morgan fingerprint density at radius 1 is 0.895 bits per heavy atom. The third kappa shape index (κ3) is 8.92. The van der Waals surface area contributed by atoms with Gasteiger partial charge in [-0.1, -0.05) is 64.7 Å². The van der Waals surface area contributed by atoms with Gasteiger partial charge in [0.15, 0.2) is 0 Å². The van der Waals surface area contributed by atoms with Crippen LogP contribution in [0.2, 0.25) is 0 Å². The Bertz CT molecular complexity index is 196. The van der Waals surface area contributed by atoms with Crippen molar-refractivity contribution in [2.75, 3.05) is 13.1 Å². The number of halogens is 1. The molecule has 0 heterocycles. The Labute approximate surface area is 125 Å². The second-order valence-corrected chi connectivity index (χ2v) is 6.80. The monoisotopic (exact) mass is 287 g/mol. The molecule has 0 bridgehead atoms. The summed E-state index contributed by atoms with van der Waals surface area (Å²) in [4.78, 5) is 0. The zero-order valence-corrected chi connectivity index (χ0v) is 13.7. The second kappa shape index (κ2) is 12.0. The summed E-state index contributed by atoms with van der Waals surface area (Å²) in [5, 5.41) is 4.04. The molecule has 1 fully saturated rings. The van der Waals surface area contributed by atoms with Gasteiger partial charge in [0, 0.05) is 5.38 Å². The van der Waals surface area contributed by atoms with Crippen molar-refractivity contribution in [1.29, 1.82) is 0 Å². The molecule has 2 unspecified atom stereocenters. The molecule has 0 aromatic carbocycles. The molecule has 0 aliphatic heterocycles. The van der Waals surface area contributed by atoms with Crippen LogP contribution in [0.1, 0.15) is 84.0 Å². The first-order valence-corrected chi connectivity index (χ1v) is 9.13. The van der Waals surface area contributed by atoms with Crippen LogP contribution in [0.3, 0.4) is 0 Å². The van der Waals surface area contributed by atoms with Gasteiger partial charge in [-0.05, 0) is 38.3 Å². The lowest BCUT2D eigenvalue weighted by Gasteiger charge is -2.27. The third-order valence-electron chi connectivity index (χ3n) is 4.43. The van der Waals surface area contributed by atoms with Crippen molar-refractivity contribution < 1.29 is 0 Å². The minimum atomic E-state index is 0.430. The van der Waals surface area contributed by atoms with Crippen LogP contribution in [0.5, 0.6) is 0 Å². The van der Waals surface area contributed by atoms with E-state index in [9.17, 15) is 0 Å². The third-order valence-corrected chi connectivity index (χ3v) is 5.00. The van der Waals surface area contributed by atoms with Crippen LogP contribution < -0.4 is 5.32 Å². The fourth-order valence-electron chi connectivity index (χ4n) is 3.06. The van der Waals surface area contributed by atoms with Crippen LogP contribution in [0.15, 0.2) is 0 Å². The molecule has 2 atom stereocenters. The highest BCUT2D eigenvalue weighted by Crippen LogP contribution is 2.27. The first kappa shape index (κ1) is 17.3. The summed E-state index contributed by atoms with van der Waals surface area (Å²) in [6.45, 7) is 4.61. The van der Waals surface area contributed by atoms with Crippen LogP contribution >= 0.6 is 11.6 Å². The van der Waals surface area contributed by atoms with Crippen molar-refractivity contribution in [2.45, 2.75) is 89.4 Å². The highest BCUT2D eigenvalue weighted by atomic mass is 35.5. The molecule has 0 spiro atoms. The molecule has 0 amide bonds. The van der Waals surface area contributed by atoms with E-state index in [-0.39, 0.29) is 0 Å². The molecule has 0 aromatic heterocycles. The van der Waals surface area contributed by atoms with Crippen LogP contribution in [-0.4, -0.2) is 18.5 Å². The zero-order valence-electron chi connectivity index (χ0n) is 12.9. The average Bonchev–Trinajstić information content (AvgIpc) is 2.43. The maximum atomic E-state index is 6.37. The number of hydrogen-bond donors (Lipinski definition) is 1. The maximum Gasteiger partial charge on any atom is 0.0376 e.